The van der Waals surface area contributed by atoms with Crippen molar-refractivity contribution in [3.05, 3.63) is 28.2 Å². The number of rotatable bonds is 4. The fourth-order valence-electron chi connectivity index (χ4n) is 1.37. The third kappa shape index (κ3) is 4.76. The third-order valence-electron chi connectivity index (χ3n) is 2.40. The molecule has 1 aromatic carbocycles. The van der Waals surface area contributed by atoms with E-state index in [1.807, 2.05) is 13.8 Å². The number of carbonyl (C=O) groups is 1. The van der Waals surface area contributed by atoms with E-state index < -0.39 is 15.8 Å². The maximum atomic E-state index is 12.3. The number of carbonyl (C=O) groups excluding carboxylic acids is 1. The molecule has 0 spiro atoms. The number of nitrogens with zero attached hydrogens (tertiary/aromatic N) is 1. The number of nitrogens with two attached hydrogens (primary N) is 1. The van der Waals surface area contributed by atoms with Crippen LogP contribution in [-0.2, 0) is 14.7 Å². The Morgan fingerprint density at radius 1 is 1.42 bits per heavy atom. The van der Waals surface area contributed by atoms with Crippen LogP contribution in [0.5, 0.6) is 0 Å². The van der Waals surface area contributed by atoms with Crippen molar-refractivity contribution in [2.24, 2.45) is 15.4 Å². The van der Waals surface area contributed by atoms with E-state index in [2.05, 4.69) is 4.36 Å². The van der Waals surface area contributed by atoms with Crippen molar-refractivity contribution in [1.29, 1.82) is 0 Å². The minimum absolute atomic E-state index is 0.0667. The standard InChI is InChI=1S/C12H16Cl2N2O2S/c1-8(2)6-7-11(17)16-19(15,18)10-5-3-4-9(13)12(10)14/h3-5,8H,6-7H2,1-2H3,(H2,15,16,17,18). The molecule has 7 heteroatoms. The Morgan fingerprint density at radius 3 is 2.63 bits per heavy atom. The highest BCUT2D eigenvalue weighted by atomic mass is 35.5. The first kappa shape index (κ1) is 16.4. The number of hydrogen-bond acceptors (Lipinski definition) is 2. The van der Waals surface area contributed by atoms with Gasteiger partial charge in [-0.1, -0.05) is 43.1 Å². The Bertz CT molecular complexity index is 593. The molecule has 0 aliphatic carbocycles. The summed E-state index contributed by atoms with van der Waals surface area (Å²) in [5.41, 5.74) is 0. The molecule has 1 atom stereocenters. The second-order valence-electron chi connectivity index (χ2n) is 4.54. The maximum absolute atomic E-state index is 12.3. The Hall–Kier alpha value is -0.620. The molecule has 1 unspecified atom stereocenters. The number of amides is 1. The van der Waals surface area contributed by atoms with Crippen LogP contribution in [0.25, 0.3) is 0 Å². The summed E-state index contributed by atoms with van der Waals surface area (Å²) in [4.78, 5) is 11.7. The monoisotopic (exact) mass is 322 g/mol. The van der Waals surface area contributed by atoms with Crippen molar-refractivity contribution < 1.29 is 9.00 Å². The first-order chi connectivity index (χ1) is 8.74. The van der Waals surface area contributed by atoms with E-state index in [-0.39, 0.29) is 21.4 Å². The first-order valence-electron chi connectivity index (χ1n) is 5.76. The van der Waals surface area contributed by atoms with Gasteiger partial charge in [0, 0.05) is 6.42 Å². The molecular formula is C12H16Cl2N2O2S. The highest BCUT2D eigenvalue weighted by molar-refractivity contribution is 7.91. The fourth-order valence-corrected chi connectivity index (χ4v) is 3.19. The quantitative estimate of drug-likeness (QED) is 0.918. The molecule has 1 aromatic rings. The minimum atomic E-state index is -3.35. The van der Waals surface area contributed by atoms with Crippen molar-refractivity contribution in [2.75, 3.05) is 0 Å². The SMILES string of the molecule is CC(C)CCC(=O)N=S(N)(=O)c1cccc(Cl)c1Cl. The van der Waals surface area contributed by atoms with Crippen LogP contribution in [0.3, 0.4) is 0 Å². The van der Waals surface area contributed by atoms with E-state index in [1.54, 1.807) is 12.1 Å². The molecule has 0 bridgehead atoms. The topological polar surface area (TPSA) is 72.5 Å². The van der Waals surface area contributed by atoms with Gasteiger partial charge in [-0.2, -0.15) is 0 Å². The van der Waals surface area contributed by atoms with Gasteiger partial charge in [-0.15, -0.1) is 4.36 Å². The van der Waals surface area contributed by atoms with Crippen molar-refractivity contribution in [3.63, 3.8) is 0 Å². The number of halogens is 2. The molecule has 0 saturated heterocycles. The molecule has 0 aliphatic rings. The Kier molecular flexibility index (Phi) is 5.80. The predicted molar refractivity (Wildman–Crippen MR) is 78.6 cm³/mol. The number of hydrogen-bond donors (Lipinski definition) is 1. The van der Waals surface area contributed by atoms with Gasteiger partial charge in [0.05, 0.1) is 14.9 Å². The van der Waals surface area contributed by atoms with Crippen molar-refractivity contribution in [3.8, 4) is 0 Å². The van der Waals surface area contributed by atoms with Crippen LogP contribution in [0.1, 0.15) is 26.7 Å². The summed E-state index contributed by atoms with van der Waals surface area (Å²) in [6.07, 6.45) is 0.880. The predicted octanol–water partition coefficient (Wildman–Crippen LogP) is 3.66. The summed E-state index contributed by atoms with van der Waals surface area (Å²) >= 11 is 11.7. The summed E-state index contributed by atoms with van der Waals surface area (Å²) in [5.74, 6) is -0.125. The average molecular weight is 323 g/mol. The van der Waals surface area contributed by atoms with Gasteiger partial charge in [0.1, 0.15) is 9.92 Å². The van der Waals surface area contributed by atoms with Crippen molar-refractivity contribution in [2.45, 2.75) is 31.6 Å². The molecule has 0 saturated carbocycles. The summed E-state index contributed by atoms with van der Waals surface area (Å²) in [5, 5.41) is 5.90. The molecule has 0 fully saturated rings. The van der Waals surface area contributed by atoms with Crippen LogP contribution in [-0.4, -0.2) is 10.1 Å². The lowest BCUT2D eigenvalue weighted by Gasteiger charge is -2.07. The molecule has 1 rings (SSSR count). The normalized spacial score (nSPS) is 14.2. The second kappa shape index (κ2) is 6.70. The lowest BCUT2D eigenvalue weighted by atomic mass is 10.1. The minimum Gasteiger partial charge on any atom is -0.272 e. The Labute approximate surface area is 123 Å². The zero-order chi connectivity index (χ0) is 14.6. The van der Waals surface area contributed by atoms with Gasteiger partial charge in [-0.3, -0.25) is 4.79 Å². The van der Waals surface area contributed by atoms with Crippen molar-refractivity contribution >= 4 is 39.0 Å². The van der Waals surface area contributed by atoms with Crippen LogP contribution in [0, 0.1) is 5.92 Å². The van der Waals surface area contributed by atoms with E-state index in [1.165, 1.54) is 6.07 Å². The Balaban J connectivity index is 3.06. The molecule has 0 radical (unpaired) electrons. The zero-order valence-electron chi connectivity index (χ0n) is 10.7. The maximum Gasteiger partial charge on any atom is 0.255 e. The summed E-state index contributed by atoms with van der Waals surface area (Å²) in [7, 11) is -3.35. The van der Waals surface area contributed by atoms with Crippen LogP contribution in [0.4, 0.5) is 0 Å². The van der Waals surface area contributed by atoms with Crippen LogP contribution < -0.4 is 5.14 Å². The second-order valence-corrected chi connectivity index (χ2v) is 7.08. The summed E-state index contributed by atoms with van der Waals surface area (Å²) in [6, 6.07) is 4.56. The lowest BCUT2D eigenvalue weighted by Crippen LogP contribution is -2.15. The molecule has 106 valence electrons. The summed E-state index contributed by atoms with van der Waals surface area (Å²) in [6.45, 7) is 3.97. The molecular weight excluding hydrogens is 307 g/mol. The van der Waals surface area contributed by atoms with Gasteiger partial charge in [-0.05, 0) is 24.5 Å². The van der Waals surface area contributed by atoms with E-state index >= 15 is 0 Å². The highest BCUT2D eigenvalue weighted by Gasteiger charge is 2.15. The third-order valence-corrected chi connectivity index (χ3v) is 4.78. The smallest absolute Gasteiger partial charge is 0.255 e. The van der Waals surface area contributed by atoms with Gasteiger partial charge in [0.25, 0.3) is 5.91 Å². The van der Waals surface area contributed by atoms with Crippen molar-refractivity contribution in [1.82, 2.24) is 0 Å². The molecule has 0 aliphatic heterocycles. The van der Waals surface area contributed by atoms with E-state index in [0.717, 1.165) is 0 Å². The van der Waals surface area contributed by atoms with E-state index in [4.69, 9.17) is 28.3 Å². The highest BCUT2D eigenvalue weighted by Crippen LogP contribution is 2.28. The van der Waals surface area contributed by atoms with Gasteiger partial charge >= 0.3 is 0 Å². The molecule has 1 amide bonds. The summed E-state index contributed by atoms with van der Waals surface area (Å²) < 4.78 is 15.8. The van der Waals surface area contributed by atoms with E-state index in [9.17, 15) is 9.00 Å². The molecule has 19 heavy (non-hydrogen) atoms. The lowest BCUT2D eigenvalue weighted by molar-refractivity contribution is -0.117. The zero-order valence-corrected chi connectivity index (χ0v) is 13.1. The fraction of sp³-hybridized carbons (Fsp3) is 0.417. The van der Waals surface area contributed by atoms with Gasteiger partial charge in [-0.25, -0.2) is 9.35 Å². The number of benzene rings is 1. The van der Waals surface area contributed by atoms with E-state index in [0.29, 0.717) is 12.3 Å². The molecule has 0 aromatic heterocycles. The average Bonchev–Trinajstić information content (AvgIpc) is 2.29. The molecule has 4 nitrogen and oxygen atoms in total. The van der Waals surface area contributed by atoms with Crippen LogP contribution in [0.2, 0.25) is 10.0 Å². The van der Waals surface area contributed by atoms with Gasteiger partial charge < -0.3 is 0 Å². The van der Waals surface area contributed by atoms with Gasteiger partial charge in [0.2, 0.25) is 0 Å². The van der Waals surface area contributed by atoms with Gasteiger partial charge in [0.15, 0.2) is 0 Å². The largest absolute Gasteiger partial charge is 0.272 e. The Morgan fingerprint density at radius 2 is 2.05 bits per heavy atom. The molecule has 0 heterocycles. The van der Waals surface area contributed by atoms with Crippen LogP contribution >= 0.6 is 23.2 Å². The first-order valence-corrected chi connectivity index (χ1v) is 8.09. The van der Waals surface area contributed by atoms with Crippen LogP contribution in [0.15, 0.2) is 27.5 Å². The molecule has 2 N–H and O–H groups in total.